The van der Waals surface area contributed by atoms with E-state index >= 15 is 0 Å². The SMILES string of the molecule is CC1=NNC(=O)C[C@H]1[C@H](O)c1ccccc1Cl. The highest BCUT2D eigenvalue weighted by Gasteiger charge is 2.30. The Morgan fingerprint density at radius 1 is 1.53 bits per heavy atom. The van der Waals surface area contributed by atoms with Gasteiger partial charge in [-0.25, -0.2) is 5.43 Å². The number of aliphatic hydroxyl groups is 1. The van der Waals surface area contributed by atoms with Crippen LogP contribution in [0.1, 0.15) is 25.0 Å². The van der Waals surface area contributed by atoms with Crippen LogP contribution in [0.5, 0.6) is 0 Å². The number of aliphatic hydroxyl groups excluding tert-OH is 1. The van der Waals surface area contributed by atoms with Gasteiger partial charge in [0, 0.05) is 23.1 Å². The maximum Gasteiger partial charge on any atom is 0.240 e. The molecule has 0 fully saturated rings. The molecule has 0 aromatic heterocycles. The Morgan fingerprint density at radius 2 is 2.24 bits per heavy atom. The first kappa shape index (κ1) is 12.1. The first-order valence-electron chi connectivity index (χ1n) is 5.35. The van der Waals surface area contributed by atoms with Gasteiger partial charge < -0.3 is 5.11 Å². The van der Waals surface area contributed by atoms with Crippen LogP contribution in [0.25, 0.3) is 0 Å². The molecule has 1 aliphatic heterocycles. The minimum Gasteiger partial charge on any atom is -0.388 e. The molecule has 2 rings (SSSR count). The molecular weight excluding hydrogens is 240 g/mol. The van der Waals surface area contributed by atoms with Gasteiger partial charge in [-0.3, -0.25) is 4.79 Å². The molecule has 1 aromatic rings. The standard InChI is InChI=1S/C12H13ClN2O2/c1-7-9(6-11(16)15-14-7)12(17)8-4-2-3-5-10(8)13/h2-5,9,12,17H,6H2,1H3,(H,15,16)/t9-,12-/m1/s1. The molecule has 1 aromatic carbocycles. The summed E-state index contributed by atoms with van der Waals surface area (Å²) in [4.78, 5) is 11.3. The van der Waals surface area contributed by atoms with E-state index in [0.29, 0.717) is 16.3 Å². The number of hydrogen-bond acceptors (Lipinski definition) is 3. The fourth-order valence-electron chi connectivity index (χ4n) is 1.90. The van der Waals surface area contributed by atoms with Gasteiger partial charge in [-0.05, 0) is 18.6 Å². The second-order valence-corrected chi connectivity index (χ2v) is 4.47. The van der Waals surface area contributed by atoms with Gasteiger partial charge in [0.2, 0.25) is 5.91 Å². The maximum absolute atomic E-state index is 11.3. The molecule has 2 atom stereocenters. The zero-order valence-electron chi connectivity index (χ0n) is 9.35. The van der Waals surface area contributed by atoms with Crippen molar-refractivity contribution in [3.8, 4) is 0 Å². The molecule has 2 N–H and O–H groups in total. The van der Waals surface area contributed by atoms with Crippen molar-refractivity contribution in [1.29, 1.82) is 0 Å². The lowest BCUT2D eigenvalue weighted by molar-refractivity contribution is -0.122. The monoisotopic (exact) mass is 252 g/mol. The van der Waals surface area contributed by atoms with Gasteiger partial charge in [0.05, 0.1) is 6.10 Å². The van der Waals surface area contributed by atoms with Crippen molar-refractivity contribution in [2.45, 2.75) is 19.4 Å². The third-order valence-electron chi connectivity index (χ3n) is 2.90. The van der Waals surface area contributed by atoms with E-state index in [4.69, 9.17) is 11.6 Å². The molecule has 0 bridgehead atoms. The second kappa shape index (κ2) is 4.85. The fraction of sp³-hybridized carbons (Fsp3) is 0.333. The average molecular weight is 253 g/mol. The molecule has 0 saturated carbocycles. The van der Waals surface area contributed by atoms with Crippen LogP contribution in [0.3, 0.4) is 0 Å². The number of benzene rings is 1. The van der Waals surface area contributed by atoms with Gasteiger partial charge in [0.1, 0.15) is 0 Å². The van der Waals surface area contributed by atoms with Crippen LogP contribution in [0.2, 0.25) is 5.02 Å². The Kier molecular flexibility index (Phi) is 3.45. The van der Waals surface area contributed by atoms with Crippen LogP contribution in [-0.4, -0.2) is 16.7 Å². The number of hydrazone groups is 1. The van der Waals surface area contributed by atoms with Crippen LogP contribution in [0.4, 0.5) is 0 Å². The van der Waals surface area contributed by atoms with E-state index in [2.05, 4.69) is 10.5 Å². The van der Waals surface area contributed by atoms with Gasteiger partial charge in [-0.15, -0.1) is 0 Å². The predicted octanol–water partition coefficient (Wildman–Crippen LogP) is 1.89. The van der Waals surface area contributed by atoms with Crippen molar-refractivity contribution < 1.29 is 9.90 Å². The van der Waals surface area contributed by atoms with Crippen LogP contribution >= 0.6 is 11.6 Å². The van der Waals surface area contributed by atoms with Crippen LogP contribution in [0, 0.1) is 5.92 Å². The molecule has 1 amide bonds. The third kappa shape index (κ3) is 2.48. The number of hydrogen-bond donors (Lipinski definition) is 2. The Morgan fingerprint density at radius 3 is 2.94 bits per heavy atom. The molecule has 0 saturated heterocycles. The Hall–Kier alpha value is -1.39. The number of carbonyl (C=O) groups is 1. The Labute approximate surface area is 104 Å². The average Bonchev–Trinajstić information content (AvgIpc) is 2.32. The summed E-state index contributed by atoms with van der Waals surface area (Å²) in [6.07, 6.45) is -0.583. The molecule has 1 heterocycles. The summed E-state index contributed by atoms with van der Waals surface area (Å²) >= 11 is 6.02. The van der Waals surface area contributed by atoms with Gasteiger partial charge in [-0.2, -0.15) is 5.10 Å². The molecule has 0 unspecified atom stereocenters. The summed E-state index contributed by atoms with van der Waals surface area (Å²) in [5, 5.41) is 14.7. The lowest BCUT2D eigenvalue weighted by atomic mass is 9.88. The number of carbonyl (C=O) groups excluding carboxylic acids is 1. The summed E-state index contributed by atoms with van der Waals surface area (Å²) in [6.45, 7) is 1.78. The van der Waals surface area contributed by atoms with Gasteiger partial charge in [0.25, 0.3) is 0 Å². The highest BCUT2D eigenvalue weighted by atomic mass is 35.5. The van der Waals surface area contributed by atoms with Gasteiger partial charge in [0.15, 0.2) is 0 Å². The van der Waals surface area contributed by atoms with Crippen molar-refractivity contribution in [3.63, 3.8) is 0 Å². The second-order valence-electron chi connectivity index (χ2n) is 4.07. The smallest absolute Gasteiger partial charge is 0.240 e. The first-order valence-corrected chi connectivity index (χ1v) is 5.73. The van der Waals surface area contributed by atoms with Crippen molar-refractivity contribution >= 4 is 23.2 Å². The minimum absolute atomic E-state index is 0.188. The maximum atomic E-state index is 11.3. The lowest BCUT2D eigenvalue weighted by Gasteiger charge is -2.26. The van der Waals surface area contributed by atoms with E-state index in [9.17, 15) is 9.90 Å². The molecule has 5 heteroatoms. The van der Waals surface area contributed by atoms with Crippen LogP contribution in [0.15, 0.2) is 29.4 Å². The highest BCUT2D eigenvalue weighted by Crippen LogP contribution is 2.31. The molecule has 90 valence electrons. The van der Waals surface area contributed by atoms with E-state index in [-0.39, 0.29) is 18.2 Å². The van der Waals surface area contributed by atoms with Crippen molar-refractivity contribution in [2.75, 3.05) is 0 Å². The van der Waals surface area contributed by atoms with Gasteiger partial charge >= 0.3 is 0 Å². The third-order valence-corrected chi connectivity index (χ3v) is 3.25. The molecule has 0 radical (unpaired) electrons. The normalized spacial score (nSPS) is 21.7. The van der Waals surface area contributed by atoms with Crippen LogP contribution < -0.4 is 5.43 Å². The number of amides is 1. The number of nitrogens with one attached hydrogen (secondary N) is 1. The zero-order valence-corrected chi connectivity index (χ0v) is 10.1. The molecule has 4 nitrogen and oxygen atoms in total. The number of halogens is 1. The van der Waals surface area contributed by atoms with E-state index in [0.717, 1.165) is 0 Å². The Balaban J connectivity index is 2.29. The van der Waals surface area contributed by atoms with Crippen molar-refractivity contribution in [2.24, 2.45) is 11.0 Å². The van der Waals surface area contributed by atoms with E-state index in [1.54, 1.807) is 31.2 Å². The summed E-state index contributed by atoms with van der Waals surface area (Å²) < 4.78 is 0. The Bertz CT molecular complexity index is 473. The fourth-order valence-corrected chi connectivity index (χ4v) is 2.15. The van der Waals surface area contributed by atoms with Gasteiger partial charge in [-0.1, -0.05) is 29.8 Å². The predicted molar refractivity (Wildman–Crippen MR) is 65.8 cm³/mol. The first-order chi connectivity index (χ1) is 8.09. The number of rotatable bonds is 2. The molecule has 1 aliphatic rings. The molecule has 0 aliphatic carbocycles. The molecular formula is C12H13ClN2O2. The minimum atomic E-state index is -0.807. The molecule has 17 heavy (non-hydrogen) atoms. The molecule has 0 spiro atoms. The summed E-state index contributed by atoms with van der Waals surface area (Å²) in [5.74, 6) is -0.504. The van der Waals surface area contributed by atoms with E-state index in [1.807, 2.05) is 0 Å². The zero-order chi connectivity index (χ0) is 12.4. The van der Waals surface area contributed by atoms with Crippen molar-refractivity contribution in [1.82, 2.24) is 5.43 Å². The summed E-state index contributed by atoms with van der Waals surface area (Å²) in [5.41, 5.74) is 3.72. The summed E-state index contributed by atoms with van der Waals surface area (Å²) in [6, 6.07) is 7.08. The lowest BCUT2D eigenvalue weighted by Crippen LogP contribution is -2.34. The largest absolute Gasteiger partial charge is 0.388 e. The van der Waals surface area contributed by atoms with E-state index < -0.39 is 6.10 Å². The van der Waals surface area contributed by atoms with Crippen LogP contribution in [-0.2, 0) is 4.79 Å². The van der Waals surface area contributed by atoms with E-state index in [1.165, 1.54) is 0 Å². The number of nitrogens with zero attached hydrogens (tertiary/aromatic N) is 1. The van der Waals surface area contributed by atoms with Crippen molar-refractivity contribution in [3.05, 3.63) is 34.9 Å². The highest BCUT2D eigenvalue weighted by molar-refractivity contribution is 6.31. The summed E-state index contributed by atoms with van der Waals surface area (Å²) in [7, 11) is 0. The topological polar surface area (TPSA) is 61.7 Å². The quantitative estimate of drug-likeness (QED) is 0.844.